The van der Waals surface area contributed by atoms with Crippen molar-refractivity contribution in [1.82, 2.24) is 0 Å². The van der Waals surface area contributed by atoms with E-state index in [-0.39, 0.29) is 43.3 Å². The first kappa shape index (κ1) is 30.7. The fraction of sp³-hybridized carbons (Fsp3) is 0.897. The van der Waals surface area contributed by atoms with Crippen LogP contribution in [0.4, 0.5) is 0 Å². The minimum atomic E-state index is -1.17. The topological polar surface area (TPSA) is 162 Å². The number of hydrogen-bond donors (Lipinski definition) is 2. The summed E-state index contributed by atoms with van der Waals surface area (Å²) in [4.78, 5) is 57.8. The molecule has 5 atom stereocenters. The number of carbonyl (C=O) groups is 3. The number of ether oxygens (including phenoxy) is 1. The highest BCUT2D eigenvalue weighted by Gasteiger charge is 2.45. The van der Waals surface area contributed by atoms with Crippen LogP contribution in [-0.4, -0.2) is 57.9 Å². The Labute approximate surface area is 235 Å². The van der Waals surface area contributed by atoms with E-state index in [1.54, 1.807) is 0 Å². The van der Waals surface area contributed by atoms with Gasteiger partial charge in [-0.05, 0) is 94.8 Å². The van der Waals surface area contributed by atoms with Gasteiger partial charge in [0.1, 0.15) is 6.10 Å². The summed E-state index contributed by atoms with van der Waals surface area (Å²) in [5, 5.41) is 30.0. The molecule has 226 valence electrons. The van der Waals surface area contributed by atoms with Gasteiger partial charge >= 0.3 is 17.9 Å². The molecule has 0 saturated heterocycles. The first-order valence-electron chi connectivity index (χ1n) is 15.3. The van der Waals surface area contributed by atoms with Crippen molar-refractivity contribution in [3.63, 3.8) is 0 Å². The smallest absolute Gasteiger partial charge is 0.310 e. The summed E-state index contributed by atoms with van der Waals surface area (Å²) in [5.74, 6) is -3.38. The molecule has 0 amide bonds. The Morgan fingerprint density at radius 1 is 0.725 bits per heavy atom. The predicted molar refractivity (Wildman–Crippen MR) is 142 cm³/mol. The van der Waals surface area contributed by atoms with Crippen molar-refractivity contribution in [2.24, 2.45) is 35.5 Å². The first-order valence-corrected chi connectivity index (χ1v) is 15.3. The lowest BCUT2D eigenvalue weighted by atomic mass is 9.76. The number of carboxylic acid groups (broad SMARTS) is 2. The lowest BCUT2D eigenvalue weighted by Crippen LogP contribution is -2.41. The normalized spacial score (nSPS) is 36.9. The second-order valence-electron chi connectivity index (χ2n) is 12.6. The zero-order valence-electron chi connectivity index (χ0n) is 23.3. The average molecular weight is 568 g/mol. The molecule has 11 nitrogen and oxygen atoms in total. The van der Waals surface area contributed by atoms with E-state index in [9.17, 15) is 34.7 Å². The molecule has 4 saturated carbocycles. The van der Waals surface area contributed by atoms with Gasteiger partial charge in [-0.25, -0.2) is 9.78 Å². The lowest BCUT2D eigenvalue weighted by molar-refractivity contribution is -0.528. The predicted octanol–water partition coefficient (Wildman–Crippen LogP) is 5.02. The Morgan fingerprint density at radius 3 is 1.93 bits per heavy atom. The zero-order chi connectivity index (χ0) is 28.6. The SMILES string of the molecule is O=C(O)C1CCCCC1COOC1CCC(CC2CCC(OC(=O)C3CCC([N+](=O)[O-])CC3C(=O)O)CC2)CC1. The molecule has 0 aliphatic heterocycles. The molecule has 0 aromatic heterocycles. The summed E-state index contributed by atoms with van der Waals surface area (Å²) < 4.78 is 5.73. The van der Waals surface area contributed by atoms with Crippen molar-refractivity contribution in [2.45, 2.75) is 121 Å². The summed E-state index contributed by atoms with van der Waals surface area (Å²) in [6.45, 7) is 0.349. The number of carboxylic acids is 2. The van der Waals surface area contributed by atoms with Crippen LogP contribution in [-0.2, 0) is 28.9 Å². The molecule has 0 aromatic carbocycles. The largest absolute Gasteiger partial charge is 0.481 e. The number of hydrogen-bond acceptors (Lipinski definition) is 8. The third-order valence-corrected chi connectivity index (χ3v) is 9.99. The van der Waals surface area contributed by atoms with Gasteiger partial charge in [0.05, 0.1) is 30.5 Å². The molecule has 4 rings (SSSR count). The van der Waals surface area contributed by atoms with Crippen LogP contribution in [0.25, 0.3) is 0 Å². The second kappa shape index (κ2) is 14.6. The van der Waals surface area contributed by atoms with Gasteiger partial charge in [0.15, 0.2) is 0 Å². The van der Waals surface area contributed by atoms with Crippen LogP contribution < -0.4 is 0 Å². The highest BCUT2D eigenvalue weighted by atomic mass is 17.2. The van der Waals surface area contributed by atoms with Crippen molar-refractivity contribution in [3.8, 4) is 0 Å². The van der Waals surface area contributed by atoms with Gasteiger partial charge in [-0.2, -0.15) is 0 Å². The van der Waals surface area contributed by atoms with E-state index >= 15 is 0 Å². The van der Waals surface area contributed by atoms with Crippen LogP contribution in [0.15, 0.2) is 0 Å². The lowest BCUT2D eigenvalue weighted by Gasteiger charge is -2.35. The van der Waals surface area contributed by atoms with Crippen LogP contribution >= 0.6 is 0 Å². The molecular weight excluding hydrogens is 522 g/mol. The van der Waals surface area contributed by atoms with Gasteiger partial charge in [0, 0.05) is 17.8 Å². The molecule has 0 heterocycles. The van der Waals surface area contributed by atoms with E-state index in [1.165, 1.54) is 0 Å². The van der Waals surface area contributed by atoms with Gasteiger partial charge in [0.2, 0.25) is 6.04 Å². The van der Waals surface area contributed by atoms with Crippen molar-refractivity contribution < 1.29 is 44.0 Å². The van der Waals surface area contributed by atoms with Gasteiger partial charge < -0.3 is 14.9 Å². The standard InChI is InChI=1S/C29H45NO10/c31-27(32)24-4-2-1-3-20(24)17-38-40-23-12-7-19(8-13-23)15-18-5-10-22(11-6-18)39-29(35)25-14-9-21(30(36)37)16-26(25)28(33)34/h18-26H,1-17H2,(H,31,32)(H,33,34). The van der Waals surface area contributed by atoms with E-state index in [0.717, 1.165) is 83.5 Å². The highest BCUT2D eigenvalue weighted by Crippen LogP contribution is 2.38. The monoisotopic (exact) mass is 567 g/mol. The second-order valence-corrected chi connectivity index (χ2v) is 12.6. The quantitative estimate of drug-likeness (QED) is 0.150. The molecular formula is C29H45NO10. The maximum Gasteiger partial charge on any atom is 0.310 e. The van der Waals surface area contributed by atoms with E-state index in [0.29, 0.717) is 18.4 Å². The molecule has 0 radical (unpaired) electrons. The molecule has 5 unspecified atom stereocenters. The molecule has 4 aliphatic rings. The molecule has 4 aliphatic carbocycles. The summed E-state index contributed by atoms with van der Waals surface area (Å²) >= 11 is 0. The Balaban J connectivity index is 1.11. The van der Waals surface area contributed by atoms with E-state index in [1.807, 2.05) is 0 Å². The van der Waals surface area contributed by atoms with E-state index < -0.39 is 40.7 Å². The molecule has 0 aromatic rings. The molecule has 4 fully saturated rings. The van der Waals surface area contributed by atoms with Crippen LogP contribution in [0.2, 0.25) is 0 Å². The maximum atomic E-state index is 12.8. The van der Waals surface area contributed by atoms with Crippen molar-refractivity contribution in [2.75, 3.05) is 6.61 Å². The van der Waals surface area contributed by atoms with Gasteiger partial charge in [-0.3, -0.25) is 24.5 Å². The molecule has 11 heteroatoms. The third-order valence-electron chi connectivity index (χ3n) is 9.99. The van der Waals surface area contributed by atoms with Crippen LogP contribution in [0.1, 0.15) is 103 Å². The molecule has 2 N–H and O–H groups in total. The van der Waals surface area contributed by atoms with Crippen molar-refractivity contribution in [3.05, 3.63) is 10.1 Å². The fourth-order valence-corrected chi connectivity index (χ4v) is 7.52. The van der Waals surface area contributed by atoms with E-state index in [2.05, 4.69) is 0 Å². The summed E-state index contributed by atoms with van der Waals surface area (Å²) in [6.07, 6.45) is 12.4. The highest BCUT2D eigenvalue weighted by molar-refractivity contribution is 5.81. The Bertz CT molecular complexity index is 880. The summed E-state index contributed by atoms with van der Waals surface area (Å²) in [7, 11) is 0. The number of nitrogens with zero attached hydrogens (tertiary/aromatic N) is 1. The third kappa shape index (κ3) is 8.38. The number of aliphatic carboxylic acids is 2. The Hall–Kier alpha value is -2.27. The Morgan fingerprint density at radius 2 is 1.32 bits per heavy atom. The Kier molecular flexibility index (Phi) is 11.2. The van der Waals surface area contributed by atoms with Crippen LogP contribution in [0.5, 0.6) is 0 Å². The molecule has 40 heavy (non-hydrogen) atoms. The van der Waals surface area contributed by atoms with Crippen LogP contribution in [0, 0.1) is 45.6 Å². The number of nitro groups is 1. The minimum absolute atomic E-state index is 0.0270. The minimum Gasteiger partial charge on any atom is -0.481 e. The van der Waals surface area contributed by atoms with Gasteiger partial charge in [0.25, 0.3) is 0 Å². The number of esters is 1. The first-order chi connectivity index (χ1) is 19.2. The number of rotatable bonds is 11. The summed E-state index contributed by atoms with van der Waals surface area (Å²) in [5.41, 5.74) is 0. The average Bonchev–Trinajstić information content (AvgIpc) is 2.94. The summed E-state index contributed by atoms with van der Waals surface area (Å²) in [6, 6.07) is -0.914. The maximum absolute atomic E-state index is 12.8. The van der Waals surface area contributed by atoms with Crippen molar-refractivity contribution in [1.29, 1.82) is 0 Å². The van der Waals surface area contributed by atoms with Gasteiger partial charge in [-0.1, -0.05) is 12.8 Å². The fourth-order valence-electron chi connectivity index (χ4n) is 7.52. The molecule has 0 spiro atoms. The van der Waals surface area contributed by atoms with E-state index in [4.69, 9.17) is 14.5 Å². The number of carbonyl (C=O) groups excluding carboxylic acids is 1. The van der Waals surface area contributed by atoms with Crippen LogP contribution in [0.3, 0.4) is 0 Å². The van der Waals surface area contributed by atoms with Crippen molar-refractivity contribution >= 4 is 17.9 Å². The van der Waals surface area contributed by atoms with Gasteiger partial charge in [-0.15, -0.1) is 0 Å². The zero-order valence-corrected chi connectivity index (χ0v) is 23.3. The molecule has 0 bridgehead atoms.